The summed E-state index contributed by atoms with van der Waals surface area (Å²) >= 11 is 0. The third-order valence-corrected chi connectivity index (χ3v) is 4.63. The lowest BCUT2D eigenvalue weighted by Gasteiger charge is -2.20. The SMILES string of the molecule is Cn1cnc2c1c(=O)n(CC(=O)OCc1cc(F)cc3c1OCOC3)c(=O)n2C. The van der Waals surface area contributed by atoms with Crippen LogP contribution in [-0.2, 0) is 48.1 Å². The first-order valence-corrected chi connectivity index (χ1v) is 8.65. The van der Waals surface area contributed by atoms with Crippen molar-refractivity contribution in [3.8, 4) is 5.75 Å². The Labute approximate surface area is 162 Å². The van der Waals surface area contributed by atoms with Gasteiger partial charge in [0, 0.05) is 25.2 Å². The van der Waals surface area contributed by atoms with Gasteiger partial charge in [-0.15, -0.1) is 0 Å². The number of hydrogen-bond donors (Lipinski definition) is 0. The second-order valence-corrected chi connectivity index (χ2v) is 6.59. The number of carbonyl (C=O) groups is 1. The molecule has 0 N–H and O–H groups in total. The molecular formula is C18H17FN4O6. The van der Waals surface area contributed by atoms with Crippen LogP contribution in [0.5, 0.6) is 5.75 Å². The zero-order valence-corrected chi connectivity index (χ0v) is 15.7. The molecule has 2 aromatic heterocycles. The van der Waals surface area contributed by atoms with Crippen LogP contribution in [-0.4, -0.2) is 31.4 Å². The number of halogens is 1. The zero-order valence-electron chi connectivity index (χ0n) is 15.7. The maximum Gasteiger partial charge on any atom is 0.333 e. The summed E-state index contributed by atoms with van der Waals surface area (Å²) < 4.78 is 32.9. The van der Waals surface area contributed by atoms with E-state index in [-0.39, 0.29) is 31.2 Å². The van der Waals surface area contributed by atoms with Crippen molar-refractivity contribution in [3.63, 3.8) is 0 Å². The van der Waals surface area contributed by atoms with Gasteiger partial charge in [0.05, 0.1) is 12.9 Å². The number of carbonyl (C=O) groups excluding carboxylic acids is 1. The van der Waals surface area contributed by atoms with Crippen molar-refractivity contribution >= 4 is 17.1 Å². The van der Waals surface area contributed by atoms with Crippen molar-refractivity contribution in [2.75, 3.05) is 6.79 Å². The third kappa shape index (κ3) is 3.29. The van der Waals surface area contributed by atoms with Gasteiger partial charge in [-0.25, -0.2) is 18.7 Å². The fourth-order valence-electron chi connectivity index (χ4n) is 3.23. The molecule has 0 spiro atoms. The van der Waals surface area contributed by atoms with Crippen molar-refractivity contribution in [2.24, 2.45) is 14.1 Å². The minimum absolute atomic E-state index is 0.00965. The molecule has 10 nitrogen and oxygen atoms in total. The molecule has 0 unspecified atom stereocenters. The molecular weight excluding hydrogens is 387 g/mol. The summed E-state index contributed by atoms with van der Waals surface area (Å²) in [4.78, 5) is 41.4. The van der Waals surface area contributed by atoms with Gasteiger partial charge < -0.3 is 18.8 Å². The van der Waals surface area contributed by atoms with Gasteiger partial charge in [-0.3, -0.25) is 14.2 Å². The molecule has 29 heavy (non-hydrogen) atoms. The average molecular weight is 404 g/mol. The second kappa shape index (κ2) is 7.17. The highest BCUT2D eigenvalue weighted by molar-refractivity contribution is 5.72. The molecule has 1 aliphatic heterocycles. The summed E-state index contributed by atoms with van der Waals surface area (Å²) in [6.45, 7) is -0.671. The Kier molecular flexibility index (Phi) is 4.66. The molecule has 0 saturated heterocycles. The molecule has 1 aromatic carbocycles. The number of rotatable bonds is 4. The Morgan fingerprint density at radius 1 is 1.31 bits per heavy atom. The Morgan fingerprint density at radius 2 is 2.10 bits per heavy atom. The number of fused-ring (bicyclic) bond motifs is 2. The number of esters is 1. The first-order chi connectivity index (χ1) is 13.9. The number of ether oxygens (including phenoxy) is 3. The largest absolute Gasteiger partial charge is 0.467 e. The topological polar surface area (TPSA) is 107 Å². The van der Waals surface area contributed by atoms with Crippen molar-refractivity contribution in [3.05, 3.63) is 56.2 Å². The molecule has 0 amide bonds. The number of nitrogens with zero attached hydrogens (tertiary/aromatic N) is 4. The third-order valence-electron chi connectivity index (χ3n) is 4.63. The molecule has 4 rings (SSSR count). The van der Waals surface area contributed by atoms with Crippen LogP contribution in [0.2, 0.25) is 0 Å². The summed E-state index contributed by atoms with van der Waals surface area (Å²) in [7, 11) is 3.07. The number of aryl methyl sites for hydroxylation is 2. The lowest BCUT2D eigenvalue weighted by molar-refractivity contribution is -0.145. The van der Waals surface area contributed by atoms with E-state index < -0.39 is 29.6 Å². The van der Waals surface area contributed by atoms with Crippen LogP contribution in [0, 0.1) is 5.82 Å². The summed E-state index contributed by atoms with van der Waals surface area (Å²) in [5.74, 6) is -0.943. The van der Waals surface area contributed by atoms with E-state index in [9.17, 15) is 18.8 Å². The number of aromatic nitrogens is 4. The Morgan fingerprint density at radius 3 is 2.90 bits per heavy atom. The summed E-state index contributed by atoms with van der Waals surface area (Å²) in [6.07, 6.45) is 1.41. The van der Waals surface area contributed by atoms with E-state index in [1.807, 2.05) is 0 Å². The minimum atomic E-state index is -0.823. The normalized spacial score (nSPS) is 13.2. The van der Waals surface area contributed by atoms with E-state index in [0.717, 1.165) is 4.57 Å². The monoisotopic (exact) mass is 404 g/mol. The lowest BCUT2D eigenvalue weighted by Crippen LogP contribution is -2.41. The van der Waals surface area contributed by atoms with Gasteiger partial charge in [-0.2, -0.15) is 0 Å². The lowest BCUT2D eigenvalue weighted by atomic mass is 10.1. The molecule has 0 saturated carbocycles. The summed E-state index contributed by atoms with van der Waals surface area (Å²) in [6, 6.07) is 2.48. The van der Waals surface area contributed by atoms with Crippen molar-refractivity contribution in [2.45, 2.75) is 19.8 Å². The average Bonchev–Trinajstić information content (AvgIpc) is 3.09. The van der Waals surface area contributed by atoms with Crippen LogP contribution in [0.3, 0.4) is 0 Å². The zero-order chi connectivity index (χ0) is 20.7. The van der Waals surface area contributed by atoms with E-state index in [1.54, 1.807) is 7.05 Å². The smallest absolute Gasteiger partial charge is 0.333 e. The number of benzene rings is 1. The number of imidazole rings is 1. The fourth-order valence-corrected chi connectivity index (χ4v) is 3.23. The highest BCUT2D eigenvalue weighted by Crippen LogP contribution is 2.29. The van der Waals surface area contributed by atoms with Crippen LogP contribution in [0.4, 0.5) is 4.39 Å². The quantitative estimate of drug-likeness (QED) is 0.571. The molecule has 0 fully saturated rings. The van der Waals surface area contributed by atoms with E-state index in [0.29, 0.717) is 16.9 Å². The van der Waals surface area contributed by atoms with Crippen molar-refractivity contribution in [1.29, 1.82) is 0 Å². The Hall–Kier alpha value is -3.47. The molecule has 0 radical (unpaired) electrons. The van der Waals surface area contributed by atoms with Gasteiger partial charge in [-0.05, 0) is 12.1 Å². The predicted octanol–water partition coefficient (Wildman–Crippen LogP) is 0.183. The predicted molar refractivity (Wildman–Crippen MR) is 96.7 cm³/mol. The second-order valence-electron chi connectivity index (χ2n) is 6.59. The van der Waals surface area contributed by atoms with Crippen LogP contribution < -0.4 is 16.0 Å². The van der Waals surface area contributed by atoms with Gasteiger partial charge in [0.15, 0.2) is 18.0 Å². The van der Waals surface area contributed by atoms with Gasteiger partial charge in [0.1, 0.15) is 24.7 Å². The summed E-state index contributed by atoms with van der Waals surface area (Å²) in [5.41, 5.74) is -0.0937. The van der Waals surface area contributed by atoms with E-state index in [2.05, 4.69) is 4.98 Å². The molecule has 0 bridgehead atoms. The first kappa shape index (κ1) is 18.9. The molecule has 152 valence electrons. The van der Waals surface area contributed by atoms with E-state index >= 15 is 0 Å². The van der Waals surface area contributed by atoms with Gasteiger partial charge in [-0.1, -0.05) is 0 Å². The minimum Gasteiger partial charge on any atom is -0.467 e. The molecule has 1 aliphatic rings. The highest BCUT2D eigenvalue weighted by atomic mass is 19.1. The van der Waals surface area contributed by atoms with E-state index in [4.69, 9.17) is 14.2 Å². The molecule has 0 atom stereocenters. The molecule has 11 heteroatoms. The first-order valence-electron chi connectivity index (χ1n) is 8.65. The molecule has 3 heterocycles. The Bertz CT molecular complexity index is 1240. The Balaban J connectivity index is 1.58. The molecule has 3 aromatic rings. The number of hydrogen-bond acceptors (Lipinski definition) is 7. The maximum atomic E-state index is 13.8. The van der Waals surface area contributed by atoms with Crippen molar-refractivity contribution in [1.82, 2.24) is 18.7 Å². The van der Waals surface area contributed by atoms with Gasteiger partial charge in [0.25, 0.3) is 5.56 Å². The maximum absolute atomic E-state index is 13.8. The standard InChI is InChI=1S/C18H17FN4O6/c1-21-8-20-16-14(21)17(25)23(18(26)22(16)2)5-13(24)28-7-11-4-12(19)3-10-6-27-9-29-15(10)11/h3-4,8H,5-7,9H2,1-2H3. The van der Waals surface area contributed by atoms with Crippen LogP contribution in [0.15, 0.2) is 28.0 Å². The van der Waals surface area contributed by atoms with Gasteiger partial charge >= 0.3 is 11.7 Å². The van der Waals surface area contributed by atoms with Crippen LogP contribution in [0.25, 0.3) is 11.2 Å². The summed E-state index contributed by atoms with van der Waals surface area (Å²) in [5, 5.41) is 0. The van der Waals surface area contributed by atoms with Crippen LogP contribution >= 0.6 is 0 Å². The fraction of sp³-hybridized carbons (Fsp3) is 0.333. The van der Waals surface area contributed by atoms with E-state index in [1.165, 1.54) is 34.6 Å². The van der Waals surface area contributed by atoms with Crippen molar-refractivity contribution < 1.29 is 23.4 Å². The highest BCUT2D eigenvalue weighted by Gasteiger charge is 2.20. The molecule has 0 aliphatic carbocycles. The van der Waals surface area contributed by atoms with Crippen LogP contribution in [0.1, 0.15) is 11.1 Å². The van der Waals surface area contributed by atoms with Gasteiger partial charge in [0.2, 0.25) is 0 Å².